The maximum absolute atomic E-state index is 10.9. The average molecular weight is 110 g/mol. The zero-order chi connectivity index (χ0) is 4.99. The lowest BCUT2D eigenvalue weighted by molar-refractivity contribution is 0.470. The summed E-state index contributed by atoms with van der Waals surface area (Å²) in [6.45, 7) is 2.95. The summed E-state index contributed by atoms with van der Waals surface area (Å²) in [5, 5.41) is 0. The van der Waals surface area contributed by atoms with Crippen LogP contribution in [-0.4, -0.2) is 4.21 Å². The number of halogens is 1. The van der Waals surface area contributed by atoms with Crippen LogP contribution in [0.25, 0.3) is 0 Å². The van der Waals surface area contributed by atoms with E-state index in [0.717, 1.165) is 6.26 Å². The molecule has 0 rings (SSSR count). The molecule has 0 aliphatic carbocycles. The Morgan fingerprint density at radius 3 is 2.50 bits per heavy atom. The predicted octanol–water partition coefficient (Wildman–Crippen LogP) is 0.695. The largest absolute Gasteiger partial charge is 0.400 e. The molecule has 4 heteroatoms. The van der Waals surface area contributed by atoms with Gasteiger partial charge < -0.3 is 4.18 Å². The van der Waals surface area contributed by atoms with E-state index in [4.69, 9.17) is 0 Å². The molecular weight excluding hydrogens is 107 g/mol. The van der Waals surface area contributed by atoms with Gasteiger partial charge in [-0.25, -0.2) is 0 Å². The second-order valence-electron chi connectivity index (χ2n) is 0.457. The molecule has 0 saturated heterocycles. The van der Waals surface area contributed by atoms with Crippen LogP contribution in [0.2, 0.25) is 0 Å². The fourth-order valence-corrected chi connectivity index (χ4v) is 0.160. The average Bonchev–Trinajstić information content (AvgIpc) is 1.35. The van der Waals surface area contributed by atoms with Crippen LogP contribution < -0.4 is 0 Å². The van der Waals surface area contributed by atoms with E-state index in [-0.39, 0.29) is 0 Å². The maximum atomic E-state index is 10.9. The van der Waals surface area contributed by atoms with Gasteiger partial charge in [-0.15, -0.1) is 0 Å². The SMILES string of the molecule is C=COS(=O)F. The molecule has 1 unspecified atom stereocenters. The summed E-state index contributed by atoms with van der Waals surface area (Å²) in [5.41, 5.74) is 0. The van der Waals surface area contributed by atoms with Gasteiger partial charge >= 0.3 is 11.5 Å². The minimum atomic E-state index is -2.68. The van der Waals surface area contributed by atoms with Crippen LogP contribution in [0.15, 0.2) is 12.8 Å². The molecule has 2 nitrogen and oxygen atoms in total. The standard InChI is InChI=1S/C2H3FO2S/c1-2-5-6(3)4/h2H,1H2. The van der Waals surface area contributed by atoms with Crippen LogP contribution in [0.4, 0.5) is 3.89 Å². The summed E-state index contributed by atoms with van der Waals surface area (Å²) in [7, 11) is 0. The Morgan fingerprint density at radius 2 is 2.50 bits per heavy atom. The quantitative estimate of drug-likeness (QED) is 0.386. The van der Waals surface area contributed by atoms with Crippen LogP contribution in [0.3, 0.4) is 0 Å². The van der Waals surface area contributed by atoms with Gasteiger partial charge in [0.25, 0.3) is 0 Å². The second kappa shape index (κ2) is 2.84. The molecule has 0 aromatic heterocycles. The highest BCUT2D eigenvalue weighted by molar-refractivity contribution is 7.74. The third-order valence-electron chi connectivity index (χ3n) is 0.144. The summed E-state index contributed by atoms with van der Waals surface area (Å²) in [4.78, 5) is 0. The molecule has 0 aromatic carbocycles. The lowest BCUT2D eigenvalue weighted by Crippen LogP contribution is -1.75. The molecular formula is C2H3FO2S. The van der Waals surface area contributed by atoms with E-state index in [2.05, 4.69) is 10.8 Å². The molecule has 0 heterocycles. The van der Waals surface area contributed by atoms with Crippen molar-refractivity contribution >= 4 is 11.5 Å². The Morgan fingerprint density at radius 1 is 2.00 bits per heavy atom. The van der Waals surface area contributed by atoms with Gasteiger partial charge in [-0.3, -0.25) is 0 Å². The summed E-state index contributed by atoms with van der Waals surface area (Å²) in [6, 6.07) is 0. The molecule has 0 spiro atoms. The molecule has 36 valence electrons. The number of rotatable bonds is 2. The predicted molar refractivity (Wildman–Crippen MR) is 20.5 cm³/mol. The van der Waals surface area contributed by atoms with Crippen molar-refractivity contribution in [3.63, 3.8) is 0 Å². The van der Waals surface area contributed by atoms with Crippen molar-refractivity contribution in [2.24, 2.45) is 0 Å². The first-order chi connectivity index (χ1) is 2.77. The summed E-state index contributed by atoms with van der Waals surface area (Å²) < 4.78 is 23.7. The van der Waals surface area contributed by atoms with E-state index in [1.54, 1.807) is 0 Å². The molecule has 0 radical (unpaired) electrons. The van der Waals surface area contributed by atoms with Crippen LogP contribution >= 0.6 is 0 Å². The lowest BCUT2D eigenvalue weighted by Gasteiger charge is -1.79. The molecule has 6 heavy (non-hydrogen) atoms. The molecule has 0 fully saturated rings. The van der Waals surface area contributed by atoms with Gasteiger partial charge in [0.2, 0.25) is 0 Å². The van der Waals surface area contributed by atoms with Crippen molar-refractivity contribution in [2.75, 3.05) is 0 Å². The Balaban J connectivity index is 3.05. The Bertz CT molecular complexity index is 71.9. The molecule has 0 aromatic rings. The summed E-state index contributed by atoms with van der Waals surface area (Å²) in [6.07, 6.45) is 0.774. The summed E-state index contributed by atoms with van der Waals surface area (Å²) >= 11 is -2.68. The third kappa shape index (κ3) is 3.62. The topological polar surface area (TPSA) is 26.3 Å². The smallest absolute Gasteiger partial charge is 0.385 e. The van der Waals surface area contributed by atoms with Gasteiger partial charge in [-0.2, -0.15) is 4.21 Å². The van der Waals surface area contributed by atoms with Crippen LogP contribution in [0.1, 0.15) is 0 Å². The highest BCUT2D eigenvalue weighted by Crippen LogP contribution is 1.82. The first kappa shape index (κ1) is 5.62. The van der Waals surface area contributed by atoms with E-state index in [9.17, 15) is 8.09 Å². The Kier molecular flexibility index (Phi) is 2.66. The Hall–Kier alpha value is -0.380. The zero-order valence-corrected chi connectivity index (χ0v) is 3.70. The van der Waals surface area contributed by atoms with Gasteiger partial charge in [0, 0.05) is 0 Å². The molecule has 0 aliphatic rings. The molecule has 0 aliphatic heterocycles. The second-order valence-corrected chi connectivity index (χ2v) is 1.04. The van der Waals surface area contributed by atoms with Crippen molar-refractivity contribution in [1.82, 2.24) is 0 Å². The van der Waals surface area contributed by atoms with E-state index in [1.165, 1.54) is 0 Å². The highest BCUT2D eigenvalue weighted by Gasteiger charge is 1.83. The van der Waals surface area contributed by atoms with Crippen LogP contribution in [0, 0.1) is 0 Å². The van der Waals surface area contributed by atoms with Crippen molar-refractivity contribution in [1.29, 1.82) is 0 Å². The van der Waals surface area contributed by atoms with Gasteiger partial charge in [0.15, 0.2) is 0 Å². The first-order valence-corrected chi connectivity index (χ1v) is 2.11. The van der Waals surface area contributed by atoms with Crippen molar-refractivity contribution < 1.29 is 12.3 Å². The van der Waals surface area contributed by atoms with Crippen molar-refractivity contribution in [2.45, 2.75) is 0 Å². The van der Waals surface area contributed by atoms with E-state index < -0.39 is 11.5 Å². The van der Waals surface area contributed by atoms with Gasteiger partial charge in [-0.05, 0) is 0 Å². The molecule has 0 bridgehead atoms. The fraction of sp³-hybridized carbons (Fsp3) is 0. The highest BCUT2D eigenvalue weighted by atomic mass is 32.2. The zero-order valence-electron chi connectivity index (χ0n) is 2.89. The van der Waals surface area contributed by atoms with E-state index in [0.29, 0.717) is 0 Å². The fourth-order valence-electron chi connectivity index (χ4n) is 0.0535. The number of hydrogen-bond donors (Lipinski definition) is 0. The summed E-state index contributed by atoms with van der Waals surface area (Å²) in [5.74, 6) is 0. The van der Waals surface area contributed by atoms with Crippen molar-refractivity contribution in [3.8, 4) is 0 Å². The lowest BCUT2D eigenvalue weighted by atomic mass is 11.2. The molecule has 1 atom stereocenters. The molecule has 0 amide bonds. The van der Waals surface area contributed by atoms with Crippen LogP contribution in [0.5, 0.6) is 0 Å². The normalized spacial score (nSPS) is 12.8. The van der Waals surface area contributed by atoms with Crippen molar-refractivity contribution in [3.05, 3.63) is 12.8 Å². The van der Waals surface area contributed by atoms with E-state index >= 15 is 0 Å². The molecule has 0 N–H and O–H groups in total. The minimum absolute atomic E-state index is 0.774. The Labute approximate surface area is 37.6 Å². The van der Waals surface area contributed by atoms with Crippen LogP contribution in [-0.2, 0) is 15.6 Å². The van der Waals surface area contributed by atoms with Gasteiger partial charge in [0.05, 0.1) is 6.26 Å². The van der Waals surface area contributed by atoms with Gasteiger partial charge in [0.1, 0.15) is 0 Å². The minimum Gasteiger partial charge on any atom is -0.385 e. The molecule has 0 saturated carbocycles. The third-order valence-corrected chi connectivity index (χ3v) is 0.431. The maximum Gasteiger partial charge on any atom is 0.400 e. The monoisotopic (exact) mass is 110 g/mol. The van der Waals surface area contributed by atoms with Gasteiger partial charge in [-0.1, -0.05) is 10.5 Å². The number of hydrogen-bond acceptors (Lipinski definition) is 2. The van der Waals surface area contributed by atoms with E-state index in [1.807, 2.05) is 0 Å². The first-order valence-electron chi connectivity index (χ1n) is 1.13.